The van der Waals surface area contributed by atoms with Crippen LogP contribution in [0.15, 0.2) is 58.5 Å². The molecule has 1 amide bonds. The van der Waals surface area contributed by atoms with E-state index >= 15 is 0 Å². The van der Waals surface area contributed by atoms with Crippen LogP contribution < -0.4 is 5.32 Å². The number of thioether (sulfide) groups is 1. The molecule has 3 rings (SSSR count). The SMILES string of the molecule is C[C@@H](NC(=O)CSc1nccn1C)c1ncc(-c2ccccc2)o1. The van der Waals surface area contributed by atoms with E-state index in [-0.39, 0.29) is 11.9 Å². The van der Waals surface area contributed by atoms with Crippen molar-refractivity contribution in [3.05, 3.63) is 54.8 Å². The molecule has 124 valence electrons. The van der Waals surface area contributed by atoms with E-state index in [1.807, 2.05) is 55.1 Å². The molecule has 3 aromatic rings. The van der Waals surface area contributed by atoms with Crippen LogP contribution in [0, 0.1) is 0 Å². The molecule has 0 spiro atoms. The van der Waals surface area contributed by atoms with Crippen molar-refractivity contribution in [3.63, 3.8) is 0 Å². The maximum absolute atomic E-state index is 12.1. The Bertz CT molecular complexity index is 813. The van der Waals surface area contributed by atoms with Crippen molar-refractivity contribution in [3.8, 4) is 11.3 Å². The number of carbonyl (C=O) groups is 1. The Morgan fingerprint density at radius 2 is 2.12 bits per heavy atom. The molecule has 0 radical (unpaired) electrons. The van der Waals surface area contributed by atoms with E-state index in [9.17, 15) is 4.79 Å². The average Bonchev–Trinajstić information content (AvgIpc) is 3.23. The topological polar surface area (TPSA) is 73.0 Å². The summed E-state index contributed by atoms with van der Waals surface area (Å²) >= 11 is 1.39. The highest BCUT2D eigenvalue weighted by Crippen LogP contribution is 2.23. The van der Waals surface area contributed by atoms with Gasteiger partial charge in [-0.1, -0.05) is 42.1 Å². The molecule has 2 heterocycles. The van der Waals surface area contributed by atoms with Crippen molar-refractivity contribution in [2.45, 2.75) is 18.1 Å². The van der Waals surface area contributed by atoms with Gasteiger partial charge < -0.3 is 14.3 Å². The number of amides is 1. The Morgan fingerprint density at radius 3 is 2.83 bits per heavy atom. The molecule has 7 heteroatoms. The molecule has 0 aliphatic rings. The first-order chi connectivity index (χ1) is 11.6. The number of hydrogen-bond donors (Lipinski definition) is 1. The van der Waals surface area contributed by atoms with E-state index in [1.54, 1.807) is 12.4 Å². The zero-order chi connectivity index (χ0) is 16.9. The summed E-state index contributed by atoms with van der Waals surface area (Å²) in [5.41, 5.74) is 0.958. The standard InChI is InChI=1S/C17H18N4O2S/c1-12(20-15(22)11-24-17-18-8-9-21(17)2)16-19-10-14(23-16)13-6-4-3-5-7-13/h3-10,12H,11H2,1-2H3,(H,20,22)/t12-/m1/s1. The Hall–Kier alpha value is -2.54. The Balaban J connectivity index is 1.57. The second kappa shape index (κ2) is 7.35. The van der Waals surface area contributed by atoms with Crippen molar-refractivity contribution >= 4 is 17.7 Å². The van der Waals surface area contributed by atoms with Crippen LogP contribution in [-0.2, 0) is 11.8 Å². The normalized spacial score (nSPS) is 12.1. The van der Waals surface area contributed by atoms with Crippen molar-refractivity contribution in [2.75, 3.05) is 5.75 Å². The number of rotatable bonds is 6. The zero-order valence-electron chi connectivity index (χ0n) is 13.5. The summed E-state index contributed by atoms with van der Waals surface area (Å²) in [5, 5.41) is 3.70. The van der Waals surface area contributed by atoms with Gasteiger partial charge in [-0.15, -0.1) is 0 Å². The molecule has 0 saturated carbocycles. The van der Waals surface area contributed by atoms with Crippen molar-refractivity contribution in [2.24, 2.45) is 7.05 Å². The fourth-order valence-electron chi connectivity index (χ4n) is 2.19. The lowest BCUT2D eigenvalue weighted by atomic mass is 10.2. The van der Waals surface area contributed by atoms with Gasteiger partial charge in [0.25, 0.3) is 0 Å². The molecule has 0 bridgehead atoms. The minimum absolute atomic E-state index is 0.0880. The number of nitrogens with one attached hydrogen (secondary N) is 1. The van der Waals surface area contributed by atoms with E-state index in [0.29, 0.717) is 17.4 Å². The summed E-state index contributed by atoms with van der Waals surface area (Å²) in [6.45, 7) is 1.85. The lowest BCUT2D eigenvalue weighted by Gasteiger charge is -2.10. The summed E-state index contributed by atoms with van der Waals surface area (Å²) in [5.74, 6) is 1.38. The second-order valence-electron chi connectivity index (χ2n) is 5.33. The Morgan fingerprint density at radius 1 is 1.33 bits per heavy atom. The molecule has 0 unspecified atom stereocenters. The van der Waals surface area contributed by atoms with Crippen LogP contribution >= 0.6 is 11.8 Å². The van der Waals surface area contributed by atoms with Crippen molar-refractivity contribution in [1.82, 2.24) is 19.9 Å². The minimum Gasteiger partial charge on any atom is -0.438 e. The highest BCUT2D eigenvalue weighted by Gasteiger charge is 2.16. The fourth-order valence-corrected chi connectivity index (χ4v) is 2.93. The highest BCUT2D eigenvalue weighted by molar-refractivity contribution is 7.99. The molecule has 0 aliphatic carbocycles. The molecular weight excluding hydrogens is 324 g/mol. The van der Waals surface area contributed by atoms with Crippen LogP contribution in [0.1, 0.15) is 18.9 Å². The van der Waals surface area contributed by atoms with Gasteiger partial charge in [0.1, 0.15) is 6.04 Å². The van der Waals surface area contributed by atoms with Gasteiger partial charge in [-0.2, -0.15) is 0 Å². The summed E-state index contributed by atoms with van der Waals surface area (Å²) in [4.78, 5) is 20.5. The summed E-state index contributed by atoms with van der Waals surface area (Å²) < 4.78 is 7.63. The first-order valence-electron chi connectivity index (χ1n) is 7.54. The third-order valence-electron chi connectivity index (χ3n) is 3.44. The maximum Gasteiger partial charge on any atom is 0.231 e. The number of benzene rings is 1. The molecule has 24 heavy (non-hydrogen) atoms. The van der Waals surface area contributed by atoms with Crippen LogP contribution in [-0.4, -0.2) is 26.2 Å². The molecule has 0 aliphatic heterocycles. The molecule has 6 nitrogen and oxygen atoms in total. The lowest BCUT2D eigenvalue weighted by Crippen LogP contribution is -2.28. The summed E-state index contributed by atoms with van der Waals surface area (Å²) in [6.07, 6.45) is 5.23. The van der Waals surface area contributed by atoms with E-state index in [0.717, 1.165) is 10.7 Å². The van der Waals surface area contributed by atoms with E-state index in [1.165, 1.54) is 11.8 Å². The van der Waals surface area contributed by atoms with E-state index in [2.05, 4.69) is 15.3 Å². The largest absolute Gasteiger partial charge is 0.438 e. The first-order valence-corrected chi connectivity index (χ1v) is 8.52. The number of imidazole rings is 1. The van der Waals surface area contributed by atoms with E-state index in [4.69, 9.17) is 4.42 Å². The van der Waals surface area contributed by atoms with Crippen LogP contribution in [0.5, 0.6) is 0 Å². The number of aromatic nitrogens is 3. The monoisotopic (exact) mass is 342 g/mol. The van der Waals surface area contributed by atoms with Gasteiger partial charge >= 0.3 is 0 Å². The smallest absolute Gasteiger partial charge is 0.231 e. The first kappa shape index (κ1) is 16.3. The summed E-state index contributed by atoms with van der Waals surface area (Å²) in [6, 6.07) is 9.45. The molecular formula is C17H18N4O2S. The fraction of sp³-hybridized carbons (Fsp3) is 0.235. The van der Waals surface area contributed by atoms with Crippen molar-refractivity contribution in [1.29, 1.82) is 0 Å². The van der Waals surface area contributed by atoms with Crippen LogP contribution in [0.4, 0.5) is 0 Å². The third-order valence-corrected chi connectivity index (χ3v) is 4.50. The Labute approximate surface area is 144 Å². The second-order valence-corrected chi connectivity index (χ2v) is 6.27. The quantitative estimate of drug-likeness (QED) is 0.697. The molecule has 1 N–H and O–H groups in total. The van der Waals surface area contributed by atoms with Gasteiger partial charge in [0.05, 0.1) is 11.9 Å². The predicted octanol–water partition coefficient (Wildman–Crippen LogP) is 3.04. The molecule has 1 atom stereocenters. The summed E-state index contributed by atoms with van der Waals surface area (Å²) in [7, 11) is 1.90. The average molecular weight is 342 g/mol. The van der Waals surface area contributed by atoms with Gasteiger partial charge in [-0.25, -0.2) is 9.97 Å². The molecule has 0 fully saturated rings. The molecule has 0 saturated heterocycles. The number of oxazole rings is 1. The number of carbonyl (C=O) groups excluding carboxylic acids is 1. The zero-order valence-corrected chi connectivity index (χ0v) is 14.3. The van der Waals surface area contributed by atoms with Gasteiger partial charge in [0.2, 0.25) is 11.8 Å². The molecule has 2 aromatic heterocycles. The number of nitrogens with zero attached hydrogens (tertiary/aromatic N) is 3. The van der Waals surface area contributed by atoms with E-state index < -0.39 is 0 Å². The maximum atomic E-state index is 12.1. The number of aryl methyl sites for hydroxylation is 1. The lowest BCUT2D eigenvalue weighted by molar-refractivity contribution is -0.119. The molecule has 1 aromatic carbocycles. The number of hydrogen-bond acceptors (Lipinski definition) is 5. The van der Waals surface area contributed by atoms with Gasteiger partial charge in [-0.05, 0) is 6.92 Å². The van der Waals surface area contributed by atoms with Crippen LogP contribution in [0.2, 0.25) is 0 Å². The minimum atomic E-state index is -0.295. The van der Waals surface area contributed by atoms with Crippen molar-refractivity contribution < 1.29 is 9.21 Å². The van der Waals surface area contributed by atoms with Gasteiger partial charge in [-0.3, -0.25) is 4.79 Å². The van der Waals surface area contributed by atoms with Gasteiger partial charge in [0.15, 0.2) is 10.9 Å². The predicted molar refractivity (Wildman–Crippen MR) is 92.4 cm³/mol. The van der Waals surface area contributed by atoms with Gasteiger partial charge in [0, 0.05) is 25.0 Å². The van der Waals surface area contributed by atoms with Crippen LogP contribution in [0.25, 0.3) is 11.3 Å². The van der Waals surface area contributed by atoms with Crippen LogP contribution in [0.3, 0.4) is 0 Å². The third kappa shape index (κ3) is 3.86. The Kier molecular flexibility index (Phi) is 5.00. The highest BCUT2D eigenvalue weighted by atomic mass is 32.2.